The zero-order chi connectivity index (χ0) is 29.4. The number of fused-ring (bicyclic) bond motifs is 3. The van der Waals surface area contributed by atoms with Crippen LogP contribution in [0.5, 0.6) is 0 Å². The second-order valence-electron chi connectivity index (χ2n) is 9.26. The molecule has 1 aliphatic carbocycles. The van der Waals surface area contributed by atoms with Crippen LogP contribution in [0.15, 0.2) is 47.2 Å². The van der Waals surface area contributed by atoms with Gasteiger partial charge in [0.15, 0.2) is 0 Å². The second kappa shape index (κ2) is 14.5. The number of hydrogen-bond donors (Lipinski definition) is 2. The summed E-state index contributed by atoms with van der Waals surface area (Å²) in [6.45, 7) is 9.44. The minimum absolute atomic E-state index is 0.0711. The van der Waals surface area contributed by atoms with E-state index < -0.39 is 0 Å². The molecule has 0 saturated carbocycles. The number of aryl methyl sites for hydroxylation is 2. The number of thiazole rings is 1. The van der Waals surface area contributed by atoms with Crippen LogP contribution in [-0.2, 0) is 24.1 Å². The van der Waals surface area contributed by atoms with Gasteiger partial charge in [0.25, 0.3) is 5.91 Å². The van der Waals surface area contributed by atoms with Crippen LogP contribution in [0.2, 0.25) is 0 Å². The summed E-state index contributed by atoms with van der Waals surface area (Å²) in [5.41, 5.74) is 11.2. The van der Waals surface area contributed by atoms with Gasteiger partial charge < -0.3 is 16.0 Å². The van der Waals surface area contributed by atoms with Crippen molar-refractivity contribution in [1.82, 2.24) is 30.0 Å². The molecule has 216 valence electrons. The molecule has 1 aliphatic heterocycles. The maximum absolute atomic E-state index is 13.2. The first-order valence-electron chi connectivity index (χ1n) is 14.0. The number of aromatic nitrogens is 4. The zero-order valence-corrected chi connectivity index (χ0v) is 26.1. The largest absolute Gasteiger partial charge is 0.372 e. The Morgan fingerprint density at radius 3 is 2.71 bits per heavy atom. The smallest absolute Gasteiger partial charge is 0.253 e. The molecule has 0 bridgehead atoms. The second-order valence-corrected chi connectivity index (χ2v) is 11.2. The molecule has 41 heavy (non-hydrogen) atoms. The van der Waals surface area contributed by atoms with Crippen molar-refractivity contribution >= 4 is 39.6 Å². The number of amides is 2. The summed E-state index contributed by atoms with van der Waals surface area (Å²) in [6, 6.07) is 9.87. The minimum atomic E-state index is 0.0711. The summed E-state index contributed by atoms with van der Waals surface area (Å²) in [5, 5.41) is 9.64. The van der Waals surface area contributed by atoms with Crippen LogP contribution in [0.4, 0.5) is 0 Å². The van der Waals surface area contributed by atoms with Crippen LogP contribution in [0.1, 0.15) is 53.8 Å². The maximum Gasteiger partial charge on any atom is 0.253 e. The molecular weight excluding hydrogens is 602 g/mol. The quantitative estimate of drug-likeness (QED) is 0.303. The lowest BCUT2D eigenvalue weighted by molar-refractivity contribution is -0.106. The molecule has 11 heteroatoms. The van der Waals surface area contributed by atoms with Crippen molar-refractivity contribution in [1.29, 1.82) is 0 Å². The van der Waals surface area contributed by atoms with Gasteiger partial charge in [0.2, 0.25) is 6.41 Å². The summed E-state index contributed by atoms with van der Waals surface area (Å²) in [5.74, 6) is 0.0711. The molecule has 1 saturated heterocycles. The Kier molecular flexibility index (Phi) is 10.8. The number of halogens is 1. The molecule has 2 amide bonds. The Bertz CT molecular complexity index is 1480. The maximum atomic E-state index is 13.2. The number of rotatable bonds is 4. The van der Waals surface area contributed by atoms with Crippen LogP contribution in [0.25, 0.3) is 27.5 Å². The molecule has 9 nitrogen and oxygen atoms in total. The van der Waals surface area contributed by atoms with Crippen molar-refractivity contribution < 1.29 is 9.59 Å². The zero-order valence-electron chi connectivity index (χ0n) is 23.7. The van der Waals surface area contributed by atoms with Crippen LogP contribution in [0.3, 0.4) is 0 Å². The highest BCUT2D eigenvalue weighted by molar-refractivity contribution is 9.10. The van der Waals surface area contributed by atoms with Crippen molar-refractivity contribution in [3.8, 4) is 27.5 Å². The fourth-order valence-corrected chi connectivity index (χ4v) is 6.68. The number of carbonyl (C=O) groups excluding carboxylic acids is 2. The third kappa shape index (κ3) is 6.58. The number of nitrogens with one attached hydrogen (secondary N) is 1. The molecule has 3 aromatic heterocycles. The van der Waals surface area contributed by atoms with Crippen molar-refractivity contribution in [2.24, 2.45) is 5.73 Å². The highest BCUT2D eigenvalue weighted by Gasteiger charge is 2.30. The summed E-state index contributed by atoms with van der Waals surface area (Å²) in [6.07, 6.45) is 7.60. The van der Waals surface area contributed by atoms with Crippen molar-refractivity contribution in [2.75, 3.05) is 26.2 Å². The minimum Gasteiger partial charge on any atom is -0.372 e. The molecule has 2 aliphatic rings. The molecule has 0 unspecified atom stereocenters. The average molecular weight is 639 g/mol. The Labute approximate surface area is 253 Å². The van der Waals surface area contributed by atoms with E-state index in [1.807, 2.05) is 53.9 Å². The number of carbonyl (C=O) groups is 2. The molecule has 4 aromatic rings. The third-order valence-electron chi connectivity index (χ3n) is 6.84. The van der Waals surface area contributed by atoms with Gasteiger partial charge >= 0.3 is 0 Å². The Morgan fingerprint density at radius 2 is 2.00 bits per heavy atom. The SMILES string of the molecule is CC.CCc1nc2c(s1)-c1c(c(-c3cccnc3)nn1-c1ccc(C(=O)N3CCCNCC3)cc1Br)CC2.NC=O. The van der Waals surface area contributed by atoms with Gasteiger partial charge in [0.1, 0.15) is 0 Å². The standard InChI is InChI=1S/C27H27BrN6OS.C2H6.CH3NO/c1-2-23-31-21-8-7-19-24(18-5-3-10-30-16-18)32-34(25(19)26(21)36-23)22-9-6-17(15-20(22)28)27(35)33-13-4-11-29-12-14-33;1-2;2-1-3/h3,5-6,9-10,15-16,29H,2,4,7-8,11-14H2,1H3;1-2H3;1H,(H2,2,3). The first-order valence-corrected chi connectivity index (χ1v) is 15.6. The number of nitrogens with zero attached hydrogens (tertiary/aromatic N) is 5. The van der Waals surface area contributed by atoms with Gasteiger partial charge in [0, 0.05) is 53.2 Å². The number of primary amides is 1. The van der Waals surface area contributed by atoms with Crippen LogP contribution >= 0.6 is 27.3 Å². The lowest BCUT2D eigenvalue weighted by atomic mass is 9.95. The Balaban J connectivity index is 0.000000728. The van der Waals surface area contributed by atoms with E-state index >= 15 is 0 Å². The van der Waals surface area contributed by atoms with E-state index in [0.29, 0.717) is 5.56 Å². The molecule has 6 rings (SSSR count). The summed E-state index contributed by atoms with van der Waals surface area (Å²) in [4.78, 5) is 34.2. The summed E-state index contributed by atoms with van der Waals surface area (Å²) < 4.78 is 2.87. The Hall–Kier alpha value is -3.41. The molecule has 1 aromatic carbocycles. The van der Waals surface area contributed by atoms with Crippen molar-refractivity contribution in [3.05, 3.63) is 69.0 Å². The van der Waals surface area contributed by atoms with E-state index in [9.17, 15) is 4.79 Å². The molecule has 1 fully saturated rings. The van der Waals surface area contributed by atoms with Crippen LogP contribution < -0.4 is 11.1 Å². The molecule has 0 spiro atoms. The third-order valence-corrected chi connectivity index (χ3v) is 8.72. The predicted octanol–water partition coefficient (Wildman–Crippen LogP) is 5.04. The number of pyridine rings is 1. The molecule has 0 radical (unpaired) electrons. The van der Waals surface area contributed by atoms with Crippen molar-refractivity contribution in [2.45, 2.75) is 46.5 Å². The van der Waals surface area contributed by atoms with Crippen molar-refractivity contribution in [3.63, 3.8) is 0 Å². The number of nitrogens with two attached hydrogens (primary N) is 1. The highest BCUT2D eigenvalue weighted by atomic mass is 79.9. The van der Waals surface area contributed by atoms with Crippen LogP contribution in [0, 0.1) is 0 Å². The Morgan fingerprint density at radius 1 is 1.20 bits per heavy atom. The highest BCUT2D eigenvalue weighted by Crippen LogP contribution is 2.43. The normalized spacial score (nSPS) is 13.9. The van der Waals surface area contributed by atoms with E-state index in [2.05, 4.69) is 45.0 Å². The summed E-state index contributed by atoms with van der Waals surface area (Å²) >= 11 is 5.54. The molecule has 0 atom stereocenters. The van der Waals surface area contributed by atoms with Gasteiger partial charge in [-0.25, -0.2) is 9.67 Å². The fraction of sp³-hybridized carbons (Fsp3) is 0.367. The van der Waals surface area contributed by atoms with E-state index in [1.54, 1.807) is 17.5 Å². The van der Waals surface area contributed by atoms with E-state index in [1.165, 1.54) is 10.4 Å². The topological polar surface area (TPSA) is 119 Å². The molecule has 4 heterocycles. The fourth-order valence-electron chi connectivity index (χ4n) is 5.02. The monoisotopic (exact) mass is 637 g/mol. The number of hydrogen-bond acceptors (Lipinski definition) is 7. The average Bonchev–Trinajstić information content (AvgIpc) is 3.50. The first-order chi connectivity index (χ1) is 20.0. The van der Waals surface area contributed by atoms with Crippen LogP contribution in [-0.4, -0.2) is 63.1 Å². The summed E-state index contributed by atoms with van der Waals surface area (Å²) in [7, 11) is 0. The molecule has 3 N–H and O–H groups in total. The van der Waals surface area contributed by atoms with Gasteiger partial charge in [-0.15, -0.1) is 11.3 Å². The van der Waals surface area contributed by atoms with Gasteiger partial charge in [0.05, 0.1) is 32.7 Å². The molecular formula is C30H36BrN7O2S. The van der Waals surface area contributed by atoms with Gasteiger partial charge in [-0.05, 0) is 78.5 Å². The van der Waals surface area contributed by atoms with E-state index in [4.69, 9.17) is 14.9 Å². The van der Waals surface area contributed by atoms with E-state index in [-0.39, 0.29) is 12.3 Å². The van der Waals surface area contributed by atoms with E-state index in [0.717, 1.165) is 89.7 Å². The first kappa shape index (κ1) is 30.5. The lowest BCUT2D eigenvalue weighted by Crippen LogP contribution is -2.34. The van der Waals surface area contributed by atoms with Gasteiger partial charge in [-0.3, -0.25) is 14.6 Å². The number of benzene rings is 1. The predicted molar refractivity (Wildman–Crippen MR) is 167 cm³/mol. The van der Waals surface area contributed by atoms with Gasteiger partial charge in [-0.1, -0.05) is 20.8 Å². The van der Waals surface area contributed by atoms with Gasteiger partial charge in [-0.2, -0.15) is 5.10 Å². The lowest BCUT2D eigenvalue weighted by Gasteiger charge is -2.20.